The van der Waals surface area contributed by atoms with Crippen LogP contribution in [0.4, 0.5) is 5.69 Å². The van der Waals surface area contributed by atoms with E-state index in [1.807, 2.05) is 30.3 Å². The highest BCUT2D eigenvalue weighted by Crippen LogP contribution is 2.44. The second-order valence-corrected chi connectivity index (χ2v) is 5.98. The van der Waals surface area contributed by atoms with E-state index in [0.29, 0.717) is 0 Å². The molecule has 2 N–H and O–H groups in total. The summed E-state index contributed by atoms with van der Waals surface area (Å²) < 4.78 is 0. The average Bonchev–Trinajstić information content (AvgIpc) is 3.02. The first-order chi connectivity index (χ1) is 9.31. The third kappa shape index (κ3) is 3.16. The summed E-state index contributed by atoms with van der Waals surface area (Å²) in [5, 5.41) is 7.25. The summed E-state index contributed by atoms with van der Waals surface area (Å²) in [6.45, 7) is 0.973. The number of fused-ring (bicyclic) bond motifs is 2. The van der Waals surface area contributed by atoms with Gasteiger partial charge in [-0.25, -0.2) is 0 Å². The molecule has 0 aromatic heterocycles. The van der Waals surface area contributed by atoms with Crippen LogP contribution in [0, 0.1) is 17.8 Å². The SMILES string of the molecule is S=C(NCC[C@H]1C[C@H]2C=C[C@H]1C2)Nc1ccccc1. The molecule has 2 aliphatic rings. The maximum absolute atomic E-state index is 5.31. The topological polar surface area (TPSA) is 24.1 Å². The van der Waals surface area contributed by atoms with E-state index in [4.69, 9.17) is 12.2 Å². The summed E-state index contributed by atoms with van der Waals surface area (Å²) >= 11 is 5.31. The number of anilines is 1. The van der Waals surface area contributed by atoms with E-state index in [0.717, 1.165) is 35.1 Å². The quantitative estimate of drug-likeness (QED) is 0.647. The molecule has 0 amide bonds. The molecule has 1 saturated carbocycles. The lowest BCUT2D eigenvalue weighted by Gasteiger charge is -2.18. The molecule has 100 valence electrons. The number of allylic oxidation sites excluding steroid dienone is 2. The van der Waals surface area contributed by atoms with E-state index in [2.05, 4.69) is 22.8 Å². The van der Waals surface area contributed by atoms with E-state index in [1.54, 1.807) is 0 Å². The highest BCUT2D eigenvalue weighted by atomic mass is 32.1. The molecule has 1 fully saturated rings. The second-order valence-electron chi connectivity index (χ2n) is 5.58. The lowest BCUT2D eigenvalue weighted by atomic mass is 9.91. The Labute approximate surface area is 120 Å². The molecule has 0 aliphatic heterocycles. The minimum absolute atomic E-state index is 0.727. The van der Waals surface area contributed by atoms with Crippen LogP contribution in [0.5, 0.6) is 0 Å². The van der Waals surface area contributed by atoms with Gasteiger partial charge in [0.15, 0.2) is 5.11 Å². The predicted molar refractivity (Wildman–Crippen MR) is 84.1 cm³/mol. The molecule has 0 unspecified atom stereocenters. The van der Waals surface area contributed by atoms with Gasteiger partial charge in [0, 0.05) is 12.2 Å². The van der Waals surface area contributed by atoms with Crippen LogP contribution in [0.2, 0.25) is 0 Å². The number of rotatable bonds is 4. The standard InChI is InChI=1S/C16H20N2S/c19-16(18-15-4-2-1-3-5-15)17-9-8-14-11-12-6-7-13(14)10-12/h1-7,12-14H,8-11H2,(H2,17,18,19)/t12-,13-,14-/m0/s1. The largest absolute Gasteiger partial charge is 0.362 e. The highest BCUT2D eigenvalue weighted by Gasteiger charge is 2.34. The summed E-state index contributed by atoms with van der Waals surface area (Å²) in [5.41, 5.74) is 1.04. The van der Waals surface area contributed by atoms with Crippen LogP contribution < -0.4 is 10.6 Å². The lowest BCUT2D eigenvalue weighted by Crippen LogP contribution is -2.30. The van der Waals surface area contributed by atoms with Crippen molar-refractivity contribution in [1.82, 2.24) is 5.32 Å². The number of thiocarbonyl (C=S) groups is 1. The Morgan fingerprint density at radius 1 is 1.16 bits per heavy atom. The highest BCUT2D eigenvalue weighted by molar-refractivity contribution is 7.80. The van der Waals surface area contributed by atoms with Crippen LogP contribution in [0.15, 0.2) is 42.5 Å². The van der Waals surface area contributed by atoms with Gasteiger partial charge in [0.25, 0.3) is 0 Å². The Balaban J connectivity index is 1.38. The Hall–Kier alpha value is -1.35. The summed E-state index contributed by atoms with van der Waals surface area (Å²) in [7, 11) is 0. The van der Waals surface area contributed by atoms with Gasteiger partial charge in [0.05, 0.1) is 0 Å². The Morgan fingerprint density at radius 3 is 2.68 bits per heavy atom. The Bertz CT molecular complexity index is 469. The van der Waals surface area contributed by atoms with Crippen molar-refractivity contribution >= 4 is 23.0 Å². The number of para-hydroxylation sites is 1. The van der Waals surface area contributed by atoms with Crippen molar-refractivity contribution in [2.45, 2.75) is 19.3 Å². The molecule has 1 aromatic carbocycles. The minimum atomic E-state index is 0.727. The molecule has 3 heteroatoms. The van der Waals surface area contributed by atoms with Gasteiger partial charge in [0.2, 0.25) is 0 Å². The van der Waals surface area contributed by atoms with Gasteiger partial charge in [-0.05, 0) is 61.4 Å². The second kappa shape index (κ2) is 5.74. The van der Waals surface area contributed by atoms with Crippen LogP contribution in [-0.4, -0.2) is 11.7 Å². The van der Waals surface area contributed by atoms with Gasteiger partial charge in [-0.1, -0.05) is 30.4 Å². The van der Waals surface area contributed by atoms with Crippen molar-refractivity contribution in [3.05, 3.63) is 42.5 Å². The molecule has 0 saturated heterocycles. The van der Waals surface area contributed by atoms with Crippen molar-refractivity contribution in [2.24, 2.45) is 17.8 Å². The van der Waals surface area contributed by atoms with Crippen molar-refractivity contribution in [3.63, 3.8) is 0 Å². The minimum Gasteiger partial charge on any atom is -0.362 e. The van der Waals surface area contributed by atoms with Crippen LogP contribution in [0.3, 0.4) is 0 Å². The summed E-state index contributed by atoms with van der Waals surface area (Å²) in [6.07, 6.45) is 8.80. The van der Waals surface area contributed by atoms with Crippen LogP contribution in [-0.2, 0) is 0 Å². The maximum Gasteiger partial charge on any atom is 0.170 e. The predicted octanol–water partition coefficient (Wildman–Crippen LogP) is 3.58. The lowest BCUT2D eigenvalue weighted by molar-refractivity contribution is 0.416. The van der Waals surface area contributed by atoms with Gasteiger partial charge in [0.1, 0.15) is 0 Å². The van der Waals surface area contributed by atoms with Crippen molar-refractivity contribution in [3.8, 4) is 0 Å². The molecule has 0 radical (unpaired) electrons. The number of hydrogen-bond donors (Lipinski definition) is 2. The molecule has 2 bridgehead atoms. The van der Waals surface area contributed by atoms with Gasteiger partial charge in [-0.2, -0.15) is 0 Å². The molecule has 2 nitrogen and oxygen atoms in total. The van der Waals surface area contributed by atoms with Crippen molar-refractivity contribution in [1.29, 1.82) is 0 Å². The normalized spacial score (nSPS) is 27.5. The van der Waals surface area contributed by atoms with Gasteiger partial charge in [-0.15, -0.1) is 0 Å². The van der Waals surface area contributed by atoms with Crippen LogP contribution >= 0.6 is 12.2 Å². The first-order valence-electron chi connectivity index (χ1n) is 7.09. The first kappa shape index (κ1) is 12.7. The molecule has 2 aliphatic carbocycles. The number of benzene rings is 1. The number of hydrogen-bond acceptors (Lipinski definition) is 1. The average molecular weight is 272 g/mol. The summed E-state index contributed by atoms with van der Waals surface area (Å²) in [4.78, 5) is 0. The Morgan fingerprint density at radius 2 is 2.00 bits per heavy atom. The van der Waals surface area contributed by atoms with E-state index in [9.17, 15) is 0 Å². The molecule has 1 aromatic rings. The zero-order valence-corrected chi connectivity index (χ0v) is 11.8. The third-order valence-electron chi connectivity index (χ3n) is 4.25. The van der Waals surface area contributed by atoms with Gasteiger partial charge >= 0.3 is 0 Å². The van der Waals surface area contributed by atoms with Crippen LogP contribution in [0.1, 0.15) is 19.3 Å². The summed E-state index contributed by atoms with van der Waals surface area (Å²) in [5.74, 6) is 2.56. The molecular formula is C16H20N2S. The molecule has 0 heterocycles. The molecule has 3 atom stereocenters. The van der Waals surface area contributed by atoms with Gasteiger partial charge in [-0.3, -0.25) is 0 Å². The van der Waals surface area contributed by atoms with E-state index < -0.39 is 0 Å². The molecular weight excluding hydrogens is 252 g/mol. The smallest absolute Gasteiger partial charge is 0.170 e. The monoisotopic (exact) mass is 272 g/mol. The fourth-order valence-corrected chi connectivity index (χ4v) is 3.51. The Kier molecular flexibility index (Phi) is 3.83. The zero-order chi connectivity index (χ0) is 13.1. The van der Waals surface area contributed by atoms with E-state index in [1.165, 1.54) is 19.3 Å². The van der Waals surface area contributed by atoms with Crippen molar-refractivity contribution < 1.29 is 0 Å². The van der Waals surface area contributed by atoms with E-state index >= 15 is 0 Å². The molecule has 3 rings (SSSR count). The fraction of sp³-hybridized carbons (Fsp3) is 0.438. The van der Waals surface area contributed by atoms with Crippen molar-refractivity contribution in [2.75, 3.05) is 11.9 Å². The molecule has 19 heavy (non-hydrogen) atoms. The van der Waals surface area contributed by atoms with E-state index in [-0.39, 0.29) is 0 Å². The third-order valence-corrected chi connectivity index (χ3v) is 4.50. The summed E-state index contributed by atoms with van der Waals surface area (Å²) in [6, 6.07) is 10.1. The van der Waals surface area contributed by atoms with Crippen LogP contribution in [0.25, 0.3) is 0 Å². The molecule has 0 spiro atoms. The number of nitrogens with one attached hydrogen (secondary N) is 2. The zero-order valence-electron chi connectivity index (χ0n) is 11.0. The first-order valence-corrected chi connectivity index (χ1v) is 7.50. The van der Waals surface area contributed by atoms with Gasteiger partial charge < -0.3 is 10.6 Å². The maximum atomic E-state index is 5.31. The fourth-order valence-electron chi connectivity index (χ4n) is 3.29.